The highest BCUT2D eigenvalue weighted by molar-refractivity contribution is 5.94. The molecule has 3 heterocycles. The van der Waals surface area contributed by atoms with Gasteiger partial charge >= 0.3 is 0 Å². The van der Waals surface area contributed by atoms with Crippen molar-refractivity contribution in [2.24, 2.45) is 0 Å². The average Bonchev–Trinajstić information content (AvgIpc) is 3.38. The highest BCUT2D eigenvalue weighted by Gasteiger charge is 2.25. The van der Waals surface area contributed by atoms with Crippen molar-refractivity contribution in [3.8, 4) is 0 Å². The molecule has 0 aliphatic carbocycles. The van der Waals surface area contributed by atoms with Crippen LogP contribution in [0, 0.1) is 0 Å². The maximum absolute atomic E-state index is 12.3. The minimum Gasteiger partial charge on any atom is -0.472 e. The van der Waals surface area contributed by atoms with Crippen LogP contribution in [0.5, 0.6) is 0 Å². The van der Waals surface area contributed by atoms with Crippen LogP contribution in [0.25, 0.3) is 0 Å². The van der Waals surface area contributed by atoms with Gasteiger partial charge in [0.1, 0.15) is 6.26 Å². The van der Waals surface area contributed by atoms with Crippen LogP contribution in [0.15, 0.2) is 45.8 Å². The van der Waals surface area contributed by atoms with Gasteiger partial charge in [-0.3, -0.25) is 14.4 Å². The summed E-state index contributed by atoms with van der Waals surface area (Å²) in [5, 5.41) is 2.72. The Morgan fingerprint density at radius 1 is 1.04 bits per heavy atom. The molecule has 1 aliphatic heterocycles. The van der Waals surface area contributed by atoms with Crippen molar-refractivity contribution in [1.82, 2.24) is 15.1 Å². The molecular formula is C18H21N3O5. The normalized spacial score (nSPS) is 14.3. The highest BCUT2D eigenvalue weighted by atomic mass is 16.3. The topological polar surface area (TPSA) is 96.0 Å². The summed E-state index contributed by atoms with van der Waals surface area (Å²) in [7, 11) is 0. The second kappa shape index (κ2) is 8.37. The van der Waals surface area contributed by atoms with Crippen molar-refractivity contribution in [2.45, 2.75) is 12.8 Å². The predicted molar refractivity (Wildman–Crippen MR) is 91.5 cm³/mol. The number of hydrogen-bond donors (Lipinski definition) is 1. The lowest BCUT2D eigenvalue weighted by atomic mass is 10.2. The van der Waals surface area contributed by atoms with E-state index in [0.717, 1.165) is 0 Å². The molecule has 0 bridgehead atoms. The standard InChI is InChI=1S/C18H21N3O5/c22-16(4-1-6-19-17(23)15-3-2-11-26-15)20-7-9-21(10-8-20)18(24)14-5-12-25-13-14/h2-3,5,11-13H,1,4,6-10H2,(H,19,23). The van der Waals surface area contributed by atoms with Gasteiger partial charge in [-0.05, 0) is 24.6 Å². The summed E-state index contributed by atoms with van der Waals surface area (Å²) in [6.07, 6.45) is 5.25. The Kier molecular flexibility index (Phi) is 5.73. The lowest BCUT2D eigenvalue weighted by Gasteiger charge is -2.34. The number of nitrogens with zero attached hydrogens (tertiary/aromatic N) is 2. The Bertz CT molecular complexity index is 731. The molecule has 0 atom stereocenters. The Morgan fingerprint density at radius 3 is 2.46 bits per heavy atom. The van der Waals surface area contributed by atoms with Gasteiger partial charge in [-0.15, -0.1) is 0 Å². The molecule has 1 fully saturated rings. The number of rotatable bonds is 6. The molecule has 138 valence electrons. The summed E-state index contributed by atoms with van der Waals surface area (Å²) in [6, 6.07) is 4.87. The van der Waals surface area contributed by atoms with Gasteiger partial charge < -0.3 is 24.0 Å². The van der Waals surface area contributed by atoms with Crippen LogP contribution in [0.2, 0.25) is 0 Å². The van der Waals surface area contributed by atoms with Gasteiger partial charge in [-0.1, -0.05) is 0 Å². The van der Waals surface area contributed by atoms with Gasteiger partial charge in [-0.25, -0.2) is 0 Å². The van der Waals surface area contributed by atoms with Crippen molar-refractivity contribution in [2.75, 3.05) is 32.7 Å². The van der Waals surface area contributed by atoms with Crippen molar-refractivity contribution >= 4 is 17.7 Å². The quantitative estimate of drug-likeness (QED) is 0.786. The van der Waals surface area contributed by atoms with Crippen molar-refractivity contribution in [3.05, 3.63) is 48.3 Å². The van der Waals surface area contributed by atoms with Gasteiger partial charge in [-0.2, -0.15) is 0 Å². The number of piperazine rings is 1. The van der Waals surface area contributed by atoms with E-state index in [4.69, 9.17) is 8.83 Å². The summed E-state index contributed by atoms with van der Waals surface area (Å²) in [5.74, 6) is -0.0669. The molecule has 3 amide bonds. The second-order valence-corrected chi connectivity index (χ2v) is 6.02. The number of nitrogens with one attached hydrogen (secondary N) is 1. The third-order valence-electron chi connectivity index (χ3n) is 4.29. The fourth-order valence-corrected chi connectivity index (χ4v) is 2.82. The predicted octanol–water partition coefficient (Wildman–Crippen LogP) is 1.37. The molecule has 0 spiro atoms. The Morgan fingerprint density at radius 2 is 1.81 bits per heavy atom. The highest BCUT2D eigenvalue weighted by Crippen LogP contribution is 2.10. The van der Waals surface area contributed by atoms with Gasteiger partial charge in [0.15, 0.2) is 5.76 Å². The van der Waals surface area contributed by atoms with Gasteiger partial charge in [0.25, 0.3) is 11.8 Å². The second-order valence-electron chi connectivity index (χ2n) is 6.02. The molecular weight excluding hydrogens is 338 g/mol. The number of carbonyl (C=O) groups excluding carboxylic acids is 3. The summed E-state index contributed by atoms with van der Waals surface area (Å²) in [6.45, 7) is 2.45. The minimum absolute atomic E-state index is 0.0349. The molecule has 0 unspecified atom stereocenters. The maximum atomic E-state index is 12.3. The van der Waals surface area contributed by atoms with Crippen molar-refractivity contribution < 1.29 is 23.2 Å². The summed E-state index contributed by atoms with van der Waals surface area (Å²) in [5.41, 5.74) is 0.525. The van der Waals surface area contributed by atoms with Crippen LogP contribution in [0.1, 0.15) is 33.8 Å². The van der Waals surface area contributed by atoms with Crippen LogP contribution in [0.3, 0.4) is 0 Å². The minimum atomic E-state index is -0.283. The van der Waals surface area contributed by atoms with Gasteiger partial charge in [0, 0.05) is 39.1 Å². The van der Waals surface area contributed by atoms with E-state index < -0.39 is 0 Å². The van der Waals surface area contributed by atoms with E-state index in [9.17, 15) is 14.4 Å². The van der Waals surface area contributed by atoms with E-state index in [1.165, 1.54) is 18.8 Å². The zero-order valence-electron chi connectivity index (χ0n) is 14.3. The van der Waals surface area contributed by atoms with Crippen molar-refractivity contribution in [3.63, 3.8) is 0 Å². The largest absolute Gasteiger partial charge is 0.472 e. The molecule has 1 N–H and O–H groups in total. The van der Waals surface area contributed by atoms with E-state index in [2.05, 4.69) is 5.32 Å². The third kappa shape index (κ3) is 4.33. The molecule has 3 rings (SSSR count). The summed E-state index contributed by atoms with van der Waals surface area (Å²) >= 11 is 0. The Balaban J connectivity index is 1.35. The van der Waals surface area contributed by atoms with Crippen molar-refractivity contribution in [1.29, 1.82) is 0 Å². The zero-order valence-corrected chi connectivity index (χ0v) is 14.3. The lowest BCUT2D eigenvalue weighted by Crippen LogP contribution is -2.50. The van der Waals surface area contributed by atoms with Crippen LogP contribution in [-0.2, 0) is 4.79 Å². The number of hydrogen-bond acceptors (Lipinski definition) is 5. The molecule has 8 heteroatoms. The lowest BCUT2D eigenvalue weighted by molar-refractivity contribution is -0.132. The zero-order chi connectivity index (χ0) is 18.4. The smallest absolute Gasteiger partial charge is 0.286 e. The van der Waals surface area contributed by atoms with E-state index in [-0.39, 0.29) is 23.5 Å². The number of amides is 3. The number of furan rings is 2. The molecule has 26 heavy (non-hydrogen) atoms. The first kappa shape index (κ1) is 17.8. The molecule has 8 nitrogen and oxygen atoms in total. The average molecular weight is 359 g/mol. The van der Waals surface area contributed by atoms with E-state index >= 15 is 0 Å². The number of carbonyl (C=O) groups is 3. The van der Waals surface area contributed by atoms with Crippen LogP contribution in [-0.4, -0.2) is 60.2 Å². The molecule has 0 radical (unpaired) electrons. The summed E-state index contributed by atoms with van der Waals surface area (Å²) in [4.78, 5) is 39.7. The van der Waals surface area contributed by atoms with E-state index in [1.807, 2.05) is 0 Å². The molecule has 1 aliphatic rings. The SMILES string of the molecule is O=C(NCCCC(=O)N1CCN(C(=O)c2ccoc2)CC1)c1ccco1. The van der Waals surface area contributed by atoms with E-state index in [1.54, 1.807) is 28.0 Å². The molecule has 0 saturated carbocycles. The van der Waals surface area contributed by atoms with Crippen LogP contribution >= 0.6 is 0 Å². The third-order valence-corrected chi connectivity index (χ3v) is 4.29. The Hall–Kier alpha value is -3.03. The first-order valence-electron chi connectivity index (χ1n) is 8.56. The molecule has 2 aromatic rings. The van der Waals surface area contributed by atoms with Crippen LogP contribution in [0.4, 0.5) is 0 Å². The summed E-state index contributed by atoms with van der Waals surface area (Å²) < 4.78 is 9.93. The van der Waals surface area contributed by atoms with Crippen LogP contribution < -0.4 is 5.32 Å². The molecule has 0 aromatic carbocycles. The van der Waals surface area contributed by atoms with Gasteiger partial charge in [0.05, 0.1) is 18.1 Å². The van der Waals surface area contributed by atoms with E-state index in [0.29, 0.717) is 51.1 Å². The monoisotopic (exact) mass is 359 g/mol. The molecule has 2 aromatic heterocycles. The first-order chi connectivity index (χ1) is 12.6. The van der Waals surface area contributed by atoms with Gasteiger partial charge in [0.2, 0.25) is 5.91 Å². The fraction of sp³-hybridized carbons (Fsp3) is 0.389. The first-order valence-corrected chi connectivity index (χ1v) is 8.56. The Labute approximate surface area is 150 Å². The molecule has 1 saturated heterocycles. The fourth-order valence-electron chi connectivity index (χ4n) is 2.82. The maximum Gasteiger partial charge on any atom is 0.286 e.